The molecule has 0 spiro atoms. The number of imidazole rings is 2. The van der Waals surface area contributed by atoms with Crippen molar-refractivity contribution in [1.82, 2.24) is 49.1 Å². The summed E-state index contributed by atoms with van der Waals surface area (Å²) >= 11 is 21.3. The van der Waals surface area contributed by atoms with Gasteiger partial charge in [-0.3, -0.25) is 9.59 Å². The lowest BCUT2D eigenvalue weighted by Crippen LogP contribution is -2.16. The fourth-order valence-electron chi connectivity index (χ4n) is 4.91. The molecule has 0 aliphatic heterocycles. The highest BCUT2D eigenvalue weighted by Crippen LogP contribution is 2.23. The fourth-order valence-corrected chi connectivity index (χ4v) is 6.19. The Morgan fingerprint density at radius 1 is 0.607 bits per heavy atom. The van der Waals surface area contributed by atoms with Crippen LogP contribution >= 0.6 is 50.7 Å². The lowest BCUT2D eigenvalue weighted by atomic mass is 10.2. The number of anilines is 2. The third-order valence-corrected chi connectivity index (χ3v) is 8.71. The first-order valence-electron chi connectivity index (χ1n) is 16.2. The second kappa shape index (κ2) is 17.5. The number of hydrogen-bond donors (Lipinski definition) is 2. The molecule has 280 valence electrons. The van der Waals surface area contributed by atoms with Crippen LogP contribution in [-0.4, -0.2) is 60.9 Å². The molecule has 6 heterocycles. The van der Waals surface area contributed by atoms with Gasteiger partial charge in [0, 0.05) is 12.1 Å². The van der Waals surface area contributed by atoms with Crippen LogP contribution in [0.2, 0.25) is 15.3 Å². The van der Waals surface area contributed by atoms with Crippen molar-refractivity contribution in [2.24, 2.45) is 0 Å². The SMILES string of the molecule is O=C(Nc1cc(OCc2ccccc2)ncn1)c1cnc2c(Br)cc(Cl)nn12.O=C(Nc1cc(OCc2ccccc2)ncn1)c1cnc2c(Cl)cc(Cl)nn12. The summed E-state index contributed by atoms with van der Waals surface area (Å²) in [7, 11) is 0. The Kier molecular flexibility index (Phi) is 11.9. The van der Waals surface area contributed by atoms with E-state index < -0.39 is 11.8 Å². The molecule has 0 atom stereocenters. The molecule has 0 aliphatic rings. The summed E-state index contributed by atoms with van der Waals surface area (Å²) in [4.78, 5) is 49.7. The molecular formula is C36H24BrCl3N12O4. The predicted molar refractivity (Wildman–Crippen MR) is 210 cm³/mol. The molecule has 0 saturated carbocycles. The van der Waals surface area contributed by atoms with E-state index in [-0.39, 0.29) is 32.5 Å². The number of halogens is 4. The largest absolute Gasteiger partial charge is 0.473 e. The molecule has 0 fully saturated rings. The first-order valence-corrected chi connectivity index (χ1v) is 18.1. The lowest BCUT2D eigenvalue weighted by Gasteiger charge is -2.07. The second-order valence-corrected chi connectivity index (χ2v) is 13.4. The highest BCUT2D eigenvalue weighted by atomic mass is 79.9. The Morgan fingerprint density at radius 3 is 1.59 bits per heavy atom. The Labute approximate surface area is 340 Å². The Morgan fingerprint density at radius 2 is 1.07 bits per heavy atom. The van der Waals surface area contributed by atoms with Crippen molar-refractivity contribution in [2.75, 3.05) is 10.6 Å². The van der Waals surface area contributed by atoms with Crippen molar-refractivity contribution in [3.05, 3.63) is 152 Å². The van der Waals surface area contributed by atoms with E-state index in [0.717, 1.165) is 11.1 Å². The zero-order valence-corrected chi connectivity index (χ0v) is 32.3. The Bertz CT molecular complexity index is 2490. The van der Waals surface area contributed by atoms with Gasteiger partial charge in [0.25, 0.3) is 11.8 Å². The maximum atomic E-state index is 12.6. The average Bonchev–Trinajstić information content (AvgIpc) is 3.83. The minimum atomic E-state index is -0.481. The van der Waals surface area contributed by atoms with Crippen molar-refractivity contribution in [3.8, 4) is 11.8 Å². The quantitative estimate of drug-likeness (QED) is 0.139. The molecule has 20 heteroatoms. The summed E-state index contributed by atoms with van der Waals surface area (Å²) in [5.41, 5.74) is 3.17. The Balaban J connectivity index is 0.000000172. The first-order chi connectivity index (χ1) is 27.2. The number of rotatable bonds is 10. The zero-order chi connectivity index (χ0) is 39.0. The maximum Gasteiger partial charge on any atom is 0.277 e. The number of carbonyl (C=O) groups excluding carboxylic acids is 2. The van der Waals surface area contributed by atoms with Gasteiger partial charge in [0.15, 0.2) is 33.0 Å². The molecule has 56 heavy (non-hydrogen) atoms. The number of nitrogens with zero attached hydrogens (tertiary/aromatic N) is 10. The standard InChI is InChI=1S/C18H12BrClN6O2.C18H12Cl2N6O2/c2*19-12-6-14(20)25-26-13(8-21-17(12)26)18(27)24-15-7-16(23-10-22-15)28-9-11-4-2-1-3-5-11/h2*1-8,10H,9H2,(H,22,23,24,27). The van der Waals surface area contributed by atoms with E-state index in [1.54, 1.807) is 12.1 Å². The van der Waals surface area contributed by atoms with Crippen LogP contribution in [0.25, 0.3) is 11.3 Å². The van der Waals surface area contributed by atoms with E-state index in [1.165, 1.54) is 46.2 Å². The van der Waals surface area contributed by atoms with Crippen molar-refractivity contribution < 1.29 is 19.1 Å². The third kappa shape index (κ3) is 9.32. The molecule has 16 nitrogen and oxygen atoms in total. The summed E-state index contributed by atoms with van der Waals surface area (Å²) < 4.78 is 14.5. The van der Waals surface area contributed by atoms with E-state index in [0.29, 0.717) is 46.6 Å². The molecule has 2 N–H and O–H groups in total. The molecule has 8 rings (SSSR count). The highest BCUT2D eigenvalue weighted by Gasteiger charge is 2.18. The third-order valence-electron chi connectivity index (χ3n) is 7.48. The molecular weight excluding hydrogens is 851 g/mol. The van der Waals surface area contributed by atoms with Gasteiger partial charge < -0.3 is 20.1 Å². The average molecular weight is 875 g/mol. The van der Waals surface area contributed by atoms with Crippen LogP contribution in [0.15, 0.2) is 114 Å². The van der Waals surface area contributed by atoms with Gasteiger partial charge in [-0.25, -0.2) is 38.9 Å². The molecule has 0 radical (unpaired) electrons. The molecule has 2 amide bonds. The minimum Gasteiger partial charge on any atom is -0.473 e. The molecule has 6 aromatic heterocycles. The summed E-state index contributed by atoms with van der Waals surface area (Å²) in [6.07, 6.45) is 5.38. The van der Waals surface area contributed by atoms with Gasteiger partial charge >= 0.3 is 0 Å². The molecule has 8 aromatic rings. The number of fused-ring (bicyclic) bond motifs is 2. The van der Waals surface area contributed by atoms with Gasteiger partial charge in [0.2, 0.25) is 11.8 Å². The normalized spacial score (nSPS) is 10.8. The summed E-state index contributed by atoms with van der Waals surface area (Å²) in [5, 5.41) is 14.2. The van der Waals surface area contributed by atoms with Gasteiger partial charge in [-0.1, -0.05) is 95.5 Å². The van der Waals surface area contributed by atoms with Crippen LogP contribution in [0.1, 0.15) is 32.1 Å². The number of ether oxygens (including phenoxy) is 2. The molecule has 2 aromatic carbocycles. The Hall–Kier alpha value is -6.27. The van der Waals surface area contributed by atoms with Crippen LogP contribution in [0.4, 0.5) is 11.6 Å². The van der Waals surface area contributed by atoms with Crippen molar-refractivity contribution in [3.63, 3.8) is 0 Å². The molecule has 0 aliphatic carbocycles. The number of hydrogen-bond acceptors (Lipinski definition) is 12. The summed E-state index contributed by atoms with van der Waals surface area (Å²) in [6.45, 7) is 0.703. The van der Waals surface area contributed by atoms with Crippen LogP contribution in [0, 0.1) is 0 Å². The number of benzene rings is 2. The van der Waals surface area contributed by atoms with Crippen LogP contribution in [0.3, 0.4) is 0 Å². The van der Waals surface area contributed by atoms with Crippen LogP contribution in [0.5, 0.6) is 11.8 Å². The van der Waals surface area contributed by atoms with Crippen molar-refractivity contribution in [1.29, 1.82) is 0 Å². The highest BCUT2D eigenvalue weighted by molar-refractivity contribution is 9.10. The monoisotopic (exact) mass is 872 g/mol. The van der Waals surface area contributed by atoms with E-state index in [4.69, 9.17) is 44.3 Å². The molecule has 0 unspecified atom stereocenters. The number of carbonyl (C=O) groups is 2. The summed E-state index contributed by atoms with van der Waals surface area (Å²) in [6, 6.07) is 25.5. The van der Waals surface area contributed by atoms with Crippen molar-refractivity contribution in [2.45, 2.75) is 13.2 Å². The fraction of sp³-hybridized carbons (Fsp3) is 0.0556. The van der Waals surface area contributed by atoms with Gasteiger partial charge in [-0.15, -0.1) is 0 Å². The number of amides is 2. The van der Waals surface area contributed by atoms with Crippen LogP contribution < -0.4 is 20.1 Å². The predicted octanol–water partition coefficient (Wildman–Crippen LogP) is 7.42. The van der Waals surface area contributed by atoms with Gasteiger partial charge in [0.05, 0.1) is 21.9 Å². The number of nitrogens with one attached hydrogen (secondary N) is 2. The van der Waals surface area contributed by atoms with Gasteiger partial charge in [0.1, 0.15) is 37.5 Å². The van der Waals surface area contributed by atoms with Gasteiger partial charge in [-0.2, -0.15) is 10.2 Å². The van der Waals surface area contributed by atoms with Crippen molar-refractivity contribution >= 4 is 85.5 Å². The van der Waals surface area contributed by atoms with Crippen LogP contribution in [-0.2, 0) is 13.2 Å². The topological polar surface area (TPSA) is 189 Å². The first kappa shape index (κ1) is 38.0. The van der Waals surface area contributed by atoms with E-state index >= 15 is 0 Å². The summed E-state index contributed by atoms with van der Waals surface area (Å²) in [5.74, 6) is 0.311. The number of aromatic nitrogens is 10. The van der Waals surface area contributed by atoms with E-state index in [2.05, 4.69) is 66.7 Å². The smallest absolute Gasteiger partial charge is 0.277 e. The van der Waals surface area contributed by atoms with Gasteiger partial charge in [-0.05, 0) is 39.2 Å². The molecule has 0 saturated heterocycles. The van der Waals surface area contributed by atoms with E-state index in [9.17, 15) is 9.59 Å². The molecule has 0 bridgehead atoms. The zero-order valence-electron chi connectivity index (χ0n) is 28.4. The second-order valence-electron chi connectivity index (χ2n) is 11.3. The minimum absolute atomic E-state index is 0.142. The maximum absolute atomic E-state index is 12.6. The van der Waals surface area contributed by atoms with E-state index in [1.807, 2.05) is 60.7 Å². The lowest BCUT2D eigenvalue weighted by molar-refractivity contribution is 0.101.